The highest BCUT2D eigenvalue weighted by atomic mass is 32.2. The summed E-state index contributed by atoms with van der Waals surface area (Å²) in [5.74, 6) is -0.242. The Morgan fingerprint density at radius 3 is 2.48 bits per heavy atom. The van der Waals surface area contributed by atoms with E-state index < -0.39 is 10.0 Å². The zero-order valence-electron chi connectivity index (χ0n) is 14.3. The third-order valence-corrected chi connectivity index (χ3v) is 5.14. The Hall–Kier alpha value is -2.22. The lowest BCUT2D eigenvalue weighted by molar-refractivity contribution is 0.0680. The van der Waals surface area contributed by atoms with Crippen molar-refractivity contribution in [2.24, 2.45) is 0 Å². The second-order valence-corrected chi connectivity index (χ2v) is 7.33. The van der Waals surface area contributed by atoms with Crippen LogP contribution in [0.15, 0.2) is 59.5 Å². The SMILES string of the molecule is CNS(=O)(=O)c1cccc(C(=O)N(CCOC)Cc2ccccc2)c1. The van der Waals surface area contributed by atoms with Crippen LogP contribution in [0.1, 0.15) is 15.9 Å². The summed E-state index contributed by atoms with van der Waals surface area (Å²) in [4.78, 5) is 14.6. The zero-order chi connectivity index (χ0) is 18.3. The summed E-state index contributed by atoms with van der Waals surface area (Å²) < 4.78 is 31.3. The van der Waals surface area contributed by atoms with E-state index in [0.717, 1.165) is 5.56 Å². The molecule has 0 saturated carbocycles. The van der Waals surface area contributed by atoms with Crippen LogP contribution in [-0.4, -0.2) is 46.5 Å². The highest BCUT2D eigenvalue weighted by molar-refractivity contribution is 7.89. The van der Waals surface area contributed by atoms with E-state index in [2.05, 4.69) is 4.72 Å². The van der Waals surface area contributed by atoms with E-state index in [0.29, 0.717) is 25.3 Å². The highest BCUT2D eigenvalue weighted by Crippen LogP contribution is 2.15. The summed E-state index contributed by atoms with van der Waals surface area (Å²) in [5, 5.41) is 0. The van der Waals surface area contributed by atoms with Gasteiger partial charge in [-0.1, -0.05) is 36.4 Å². The van der Waals surface area contributed by atoms with Gasteiger partial charge in [0.2, 0.25) is 10.0 Å². The van der Waals surface area contributed by atoms with Crippen molar-refractivity contribution < 1.29 is 17.9 Å². The number of hydrogen-bond acceptors (Lipinski definition) is 4. The maximum atomic E-state index is 12.9. The summed E-state index contributed by atoms with van der Waals surface area (Å²) in [5.41, 5.74) is 1.31. The Balaban J connectivity index is 2.28. The van der Waals surface area contributed by atoms with Crippen LogP contribution in [0.4, 0.5) is 0 Å². The number of amides is 1. The van der Waals surface area contributed by atoms with Crippen LogP contribution in [0.25, 0.3) is 0 Å². The lowest BCUT2D eigenvalue weighted by Crippen LogP contribution is -2.33. The monoisotopic (exact) mass is 362 g/mol. The molecule has 1 amide bonds. The number of carbonyl (C=O) groups excluding carboxylic acids is 1. The zero-order valence-corrected chi connectivity index (χ0v) is 15.1. The van der Waals surface area contributed by atoms with E-state index in [1.807, 2.05) is 30.3 Å². The number of hydrogen-bond donors (Lipinski definition) is 1. The molecule has 0 aliphatic carbocycles. The highest BCUT2D eigenvalue weighted by Gasteiger charge is 2.19. The molecule has 2 rings (SSSR count). The van der Waals surface area contributed by atoms with Gasteiger partial charge >= 0.3 is 0 Å². The molecular formula is C18H22N2O4S. The van der Waals surface area contributed by atoms with Gasteiger partial charge in [0.05, 0.1) is 11.5 Å². The molecule has 1 N–H and O–H groups in total. The van der Waals surface area contributed by atoms with Crippen molar-refractivity contribution in [3.63, 3.8) is 0 Å². The second-order valence-electron chi connectivity index (χ2n) is 5.44. The molecule has 0 aliphatic heterocycles. The van der Waals surface area contributed by atoms with Gasteiger partial charge in [0, 0.05) is 25.8 Å². The molecule has 7 heteroatoms. The first kappa shape index (κ1) is 19.1. The van der Waals surface area contributed by atoms with Crippen molar-refractivity contribution in [1.29, 1.82) is 0 Å². The minimum Gasteiger partial charge on any atom is -0.383 e. The van der Waals surface area contributed by atoms with E-state index >= 15 is 0 Å². The average Bonchev–Trinajstić information content (AvgIpc) is 2.65. The van der Waals surface area contributed by atoms with Crippen LogP contribution < -0.4 is 4.72 Å². The maximum absolute atomic E-state index is 12.9. The number of benzene rings is 2. The molecular weight excluding hydrogens is 340 g/mol. The van der Waals surface area contributed by atoms with E-state index in [9.17, 15) is 13.2 Å². The van der Waals surface area contributed by atoms with Gasteiger partial charge in [-0.15, -0.1) is 0 Å². The normalized spacial score (nSPS) is 11.3. The minimum absolute atomic E-state index is 0.0623. The number of ether oxygens (including phenoxy) is 1. The van der Waals surface area contributed by atoms with E-state index in [1.165, 1.54) is 19.2 Å². The van der Waals surface area contributed by atoms with Crippen molar-refractivity contribution in [3.8, 4) is 0 Å². The van der Waals surface area contributed by atoms with Gasteiger partial charge in [-0.25, -0.2) is 13.1 Å². The molecule has 0 spiro atoms. The van der Waals surface area contributed by atoms with Crippen molar-refractivity contribution in [2.45, 2.75) is 11.4 Å². The van der Waals surface area contributed by atoms with Crippen molar-refractivity contribution >= 4 is 15.9 Å². The Labute approximate surface area is 148 Å². The number of nitrogens with one attached hydrogen (secondary N) is 1. The van der Waals surface area contributed by atoms with Gasteiger partial charge in [0.1, 0.15) is 0 Å². The molecule has 0 unspecified atom stereocenters. The lowest BCUT2D eigenvalue weighted by atomic mass is 10.1. The molecule has 0 bridgehead atoms. The Morgan fingerprint density at radius 1 is 1.12 bits per heavy atom. The Morgan fingerprint density at radius 2 is 1.84 bits per heavy atom. The number of sulfonamides is 1. The fraction of sp³-hybridized carbons (Fsp3) is 0.278. The molecule has 2 aromatic carbocycles. The first-order chi connectivity index (χ1) is 12.0. The van der Waals surface area contributed by atoms with Crippen LogP contribution in [0.2, 0.25) is 0 Å². The standard InChI is InChI=1S/C18H22N2O4S/c1-19-25(22,23)17-10-6-9-16(13-17)18(21)20(11-12-24-2)14-15-7-4-3-5-8-15/h3-10,13,19H,11-12,14H2,1-2H3. The Kier molecular flexibility index (Phi) is 6.69. The molecule has 0 atom stereocenters. The summed E-state index contributed by atoms with van der Waals surface area (Å²) in [6, 6.07) is 15.6. The largest absolute Gasteiger partial charge is 0.383 e. The van der Waals surface area contributed by atoms with Crippen LogP contribution in [0, 0.1) is 0 Å². The molecule has 0 heterocycles. The lowest BCUT2D eigenvalue weighted by Gasteiger charge is -2.23. The van der Waals surface area contributed by atoms with E-state index in [1.54, 1.807) is 24.1 Å². The second kappa shape index (κ2) is 8.75. The van der Waals surface area contributed by atoms with Gasteiger partial charge in [0.25, 0.3) is 5.91 Å². The van der Waals surface area contributed by atoms with E-state index in [4.69, 9.17) is 4.74 Å². The number of methoxy groups -OCH3 is 1. The van der Waals surface area contributed by atoms with Crippen molar-refractivity contribution in [1.82, 2.24) is 9.62 Å². The summed E-state index contributed by atoms with van der Waals surface area (Å²) in [6.07, 6.45) is 0. The van der Waals surface area contributed by atoms with Gasteiger partial charge in [-0.3, -0.25) is 4.79 Å². The molecule has 134 valence electrons. The number of carbonyl (C=O) groups is 1. The predicted molar refractivity (Wildman–Crippen MR) is 95.7 cm³/mol. The van der Waals surface area contributed by atoms with Gasteiger partial charge < -0.3 is 9.64 Å². The first-order valence-corrected chi connectivity index (χ1v) is 9.32. The fourth-order valence-electron chi connectivity index (χ4n) is 2.35. The van der Waals surface area contributed by atoms with Crippen LogP contribution >= 0.6 is 0 Å². The summed E-state index contributed by atoms with van der Waals surface area (Å²) >= 11 is 0. The van der Waals surface area contributed by atoms with Crippen molar-refractivity contribution in [2.75, 3.05) is 27.3 Å². The average molecular weight is 362 g/mol. The first-order valence-electron chi connectivity index (χ1n) is 7.83. The smallest absolute Gasteiger partial charge is 0.254 e. The number of nitrogens with zero attached hydrogens (tertiary/aromatic N) is 1. The van der Waals surface area contributed by atoms with Crippen LogP contribution in [-0.2, 0) is 21.3 Å². The molecule has 2 aromatic rings. The molecule has 0 radical (unpaired) electrons. The molecule has 0 saturated heterocycles. The Bertz CT molecular complexity index is 807. The van der Waals surface area contributed by atoms with Gasteiger partial charge in [-0.2, -0.15) is 0 Å². The third-order valence-electron chi connectivity index (χ3n) is 3.73. The van der Waals surface area contributed by atoms with Crippen LogP contribution in [0.5, 0.6) is 0 Å². The van der Waals surface area contributed by atoms with E-state index in [-0.39, 0.29) is 10.8 Å². The molecule has 0 fully saturated rings. The van der Waals surface area contributed by atoms with Crippen LogP contribution in [0.3, 0.4) is 0 Å². The predicted octanol–water partition coefficient (Wildman–Crippen LogP) is 1.88. The molecule has 0 aliphatic rings. The molecule has 25 heavy (non-hydrogen) atoms. The third kappa shape index (κ3) is 5.12. The minimum atomic E-state index is -3.60. The van der Waals surface area contributed by atoms with Gasteiger partial charge in [0.15, 0.2) is 0 Å². The quantitative estimate of drug-likeness (QED) is 0.778. The summed E-state index contributed by atoms with van der Waals surface area (Å²) in [7, 11) is -0.689. The van der Waals surface area contributed by atoms with Gasteiger partial charge in [-0.05, 0) is 30.8 Å². The maximum Gasteiger partial charge on any atom is 0.254 e. The fourth-order valence-corrected chi connectivity index (χ4v) is 3.13. The number of rotatable bonds is 8. The summed E-state index contributed by atoms with van der Waals surface area (Å²) in [6.45, 7) is 1.23. The van der Waals surface area contributed by atoms with Crippen molar-refractivity contribution in [3.05, 3.63) is 65.7 Å². The topological polar surface area (TPSA) is 75.7 Å². The molecule has 6 nitrogen and oxygen atoms in total. The molecule has 0 aromatic heterocycles.